The molecule has 1 aromatic heterocycles. The summed E-state index contributed by atoms with van der Waals surface area (Å²) in [6.07, 6.45) is -6.16. The van der Waals surface area contributed by atoms with Crippen LogP contribution in [0.5, 0.6) is 17.2 Å². The smallest absolute Gasteiger partial charge is 0.417 e. The summed E-state index contributed by atoms with van der Waals surface area (Å²) in [5.41, 5.74) is -2.85. The van der Waals surface area contributed by atoms with Gasteiger partial charge >= 0.3 is 6.18 Å². The number of alkyl halides is 3. The molecule has 0 amide bonds. The Labute approximate surface area is 195 Å². The summed E-state index contributed by atoms with van der Waals surface area (Å²) in [6.45, 7) is 2.14. The Morgan fingerprint density at radius 1 is 1.14 bits per heavy atom. The van der Waals surface area contributed by atoms with Gasteiger partial charge in [0.25, 0.3) is 0 Å². The molecule has 35 heavy (non-hydrogen) atoms. The second-order valence-corrected chi connectivity index (χ2v) is 8.75. The van der Waals surface area contributed by atoms with Gasteiger partial charge in [0.1, 0.15) is 6.10 Å². The molecule has 186 valence electrons. The van der Waals surface area contributed by atoms with E-state index in [2.05, 4.69) is 4.98 Å². The van der Waals surface area contributed by atoms with Crippen LogP contribution >= 0.6 is 0 Å². The predicted octanol–water partition coefficient (Wildman–Crippen LogP) is 5.36. The van der Waals surface area contributed by atoms with Crippen LogP contribution < -0.4 is 19.6 Å². The zero-order chi connectivity index (χ0) is 25.3. The molecule has 2 aromatic carbocycles. The Morgan fingerprint density at radius 3 is 2.57 bits per heavy atom. The maximum atomic E-state index is 14.6. The van der Waals surface area contributed by atoms with Crippen molar-refractivity contribution in [1.29, 1.82) is 0 Å². The highest BCUT2D eigenvalue weighted by atomic mass is 19.4. The molecular formula is C24H20F5NO5. The average Bonchev–Trinajstić information content (AvgIpc) is 3.38. The molecule has 4 atom stereocenters. The van der Waals surface area contributed by atoms with Crippen molar-refractivity contribution in [2.24, 2.45) is 5.92 Å². The lowest BCUT2D eigenvalue weighted by Gasteiger charge is -2.32. The fourth-order valence-corrected chi connectivity index (χ4v) is 4.96. The van der Waals surface area contributed by atoms with E-state index in [-0.39, 0.29) is 29.2 Å². The van der Waals surface area contributed by atoms with Gasteiger partial charge in [-0.05, 0) is 25.1 Å². The van der Waals surface area contributed by atoms with Crippen LogP contribution in [-0.4, -0.2) is 30.7 Å². The largest absolute Gasteiger partial charge is 0.493 e. The normalized spacial score (nSPS) is 25.9. The molecule has 1 fully saturated rings. The predicted molar refractivity (Wildman–Crippen MR) is 114 cm³/mol. The number of H-pyrrole nitrogens is 1. The molecule has 0 saturated carbocycles. The van der Waals surface area contributed by atoms with Crippen molar-refractivity contribution in [1.82, 2.24) is 4.98 Å². The Kier molecular flexibility index (Phi) is 5.24. The maximum Gasteiger partial charge on any atom is 0.417 e. The topological polar surface area (TPSA) is 69.8 Å². The molecule has 1 N–H and O–H groups in total. The number of rotatable bonds is 3. The molecule has 3 aromatic rings. The van der Waals surface area contributed by atoms with Crippen LogP contribution in [0.2, 0.25) is 0 Å². The molecule has 0 radical (unpaired) electrons. The summed E-state index contributed by atoms with van der Waals surface area (Å²) in [7, 11) is 1.10. The molecule has 0 spiro atoms. The number of halogens is 5. The van der Waals surface area contributed by atoms with Crippen LogP contribution in [0.15, 0.2) is 35.1 Å². The fourth-order valence-electron chi connectivity index (χ4n) is 4.96. The summed E-state index contributed by atoms with van der Waals surface area (Å²) in [5.74, 6) is -4.85. The molecule has 2 aliphatic rings. The van der Waals surface area contributed by atoms with E-state index in [1.165, 1.54) is 13.0 Å². The second-order valence-electron chi connectivity index (χ2n) is 8.75. The van der Waals surface area contributed by atoms with Gasteiger partial charge in [0.2, 0.25) is 12.6 Å². The van der Waals surface area contributed by atoms with Gasteiger partial charge in [0.15, 0.2) is 34.1 Å². The fraction of sp³-hybridized carbons (Fsp3) is 0.375. The lowest BCUT2D eigenvalue weighted by atomic mass is 9.76. The van der Waals surface area contributed by atoms with Gasteiger partial charge in [0, 0.05) is 29.2 Å². The number of methoxy groups -OCH3 is 1. The minimum Gasteiger partial charge on any atom is -0.493 e. The van der Waals surface area contributed by atoms with Crippen LogP contribution in [0.25, 0.3) is 10.9 Å². The van der Waals surface area contributed by atoms with Crippen molar-refractivity contribution < 1.29 is 40.9 Å². The minimum atomic E-state index is -4.80. The van der Waals surface area contributed by atoms with Gasteiger partial charge in [0.05, 0.1) is 18.0 Å². The highest BCUT2D eigenvalue weighted by Crippen LogP contribution is 2.59. The summed E-state index contributed by atoms with van der Waals surface area (Å²) >= 11 is 0. The number of hydrogen-bond acceptors (Lipinski definition) is 5. The molecule has 3 heterocycles. The molecule has 0 unspecified atom stereocenters. The Balaban J connectivity index is 1.72. The van der Waals surface area contributed by atoms with Gasteiger partial charge in [-0.15, -0.1) is 0 Å². The summed E-state index contributed by atoms with van der Waals surface area (Å²) < 4.78 is 92.3. The zero-order valence-electron chi connectivity index (χ0n) is 18.8. The van der Waals surface area contributed by atoms with E-state index in [0.29, 0.717) is 11.3 Å². The first-order valence-electron chi connectivity index (χ1n) is 10.7. The van der Waals surface area contributed by atoms with Crippen LogP contribution in [0.3, 0.4) is 0 Å². The molecule has 0 aliphatic carbocycles. The zero-order valence-corrected chi connectivity index (χ0v) is 18.8. The van der Waals surface area contributed by atoms with Gasteiger partial charge < -0.3 is 23.9 Å². The lowest BCUT2D eigenvalue weighted by Crippen LogP contribution is -2.46. The lowest BCUT2D eigenvalue weighted by molar-refractivity contribution is -0.275. The molecule has 11 heteroatoms. The van der Waals surface area contributed by atoms with E-state index in [1.54, 1.807) is 12.1 Å². The van der Waals surface area contributed by atoms with Crippen molar-refractivity contribution in [3.63, 3.8) is 0 Å². The molecule has 1 saturated heterocycles. The van der Waals surface area contributed by atoms with Crippen molar-refractivity contribution in [2.45, 2.75) is 37.6 Å². The third-order valence-corrected chi connectivity index (χ3v) is 6.97. The van der Waals surface area contributed by atoms with E-state index in [0.717, 1.165) is 26.2 Å². The number of aromatic nitrogens is 1. The first-order valence-corrected chi connectivity index (χ1v) is 10.7. The van der Waals surface area contributed by atoms with E-state index >= 15 is 0 Å². The summed E-state index contributed by atoms with van der Waals surface area (Å²) in [4.78, 5) is 16.0. The average molecular weight is 497 g/mol. The first-order chi connectivity index (χ1) is 16.5. The first kappa shape index (κ1) is 23.4. The van der Waals surface area contributed by atoms with Gasteiger partial charge in [-0.3, -0.25) is 4.79 Å². The SMILES string of the molecule is COc1c([C@H]2[C@H](c3cc(=O)c4c5c(ccc4[nH]3)OCO5)O[C@@](C)(C(F)(F)F)[C@H]2C)ccc(F)c1F. The number of pyridine rings is 1. The van der Waals surface area contributed by atoms with E-state index in [1.807, 2.05) is 0 Å². The van der Waals surface area contributed by atoms with E-state index < -0.39 is 52.5 Å². The molecule has 6 nitrogen and oxygen atoms in total. The monoisotopic (exact) mass is 497 g/mol. The summed E-state index contributed by atoms with van der Waals surface area (Å²) in [6, 6.07) is 6.24. The van der Waals surface area contributed by atoms with Gasteiger partial charge in [-0.2, -0.15) is 17.6 Å². The molecule has 0 bridgehead atoms. The number of nitrogens with one attached hydrogen (secondary N) is 1. The number of ether oxygens (including phenoxy) is 4. The van der Waals surface area contributed by atoms with Crippen molar-refractivity contribution in [2.75, 3.05) is 13.9 Å². The van der Waals surface area contributed by atoms with Crippen LogP contribution in [-0.2, 0) is 4.74 Å². The minimum absolute atomic E-state index is 0.0106. The number of fused-ring (bicyclic) bond motifs is 3. The second kappa shape index (κ2) is 7.84. The highest BCUT2D eigenvalue weighted by Gasteiger charge is 2.65. The highest BCUT2D eigenvalue weighted by molar-refractivity contribution is 5.88. The van der Waals surface area contributed by atoms with Crippen LogP contribution in [0, 0.1) is 17.6 Å². The number of hydrogen-bond donors (Lipinski definition) is 1. The third kappa shape index (κ3) is 3.35. The third-order valence-electron chi connectivity index (χ3n) is 6.97. The van der Waals surface area contributed by atoms with Crippen molar-refractivity contribution in [3.8, 4) is 17.2 Å². The standard InChI is InChI=1S/C24H20F5NO5/c1-10-17(11-4-5-12(25)19(26)20(11)32-3)21(35-23(10,2)24(27,28)29)14-8-15(31)18-13(30-14)6-7-16-22(18)34-9-33-16/h4-8,10,17,21H,9H2,1-3H3,(H,30,31)/t10-,17-,21-,23+/m0/s1. The Morgan fingerprint density at radius 2 is 1.89 bits per heavy atom. The maximum absolute atomic E-state index is 14.6. The quantitative estimate of drug-likeness (QED) is 0.494. The van der Waals surface area contributed by atoms with E-state index in [4.69, 9.17) is 18.9 Å². The van der Waals surface area contributed by atoms with Crippen LogP contribution in [0.4, 0.5) is 22.0 Å². The van der Waals surface area contributed by atoms with Crippen molar-refractivity contribution in [3.05, 3.63) is 63.4 Å². The summed E-state index contributed by atoms with van der Waals surface area (Å²) in [5, 5.41) is 0.176. The molecular weight excluding hydrogens is 477 g/mol. The Bertz CT molecular complexity index is 1390. The number of aromatic amines is 1. The van der Waals surface area contributed by atoms with E-state index in [9.17, 15) is 26.7 Å². The number of benzene rings is 2. The van der Waals surface area contributed by atoms with Crippen LogP contribution in [0.1, 0.15) is 37.1 Å². The van der Waals surface area contributed by atoms with Gasteiger partial charge in [-0.25, -0.2) is 4.39 Å². The molecule has 5 rings (SSSR count). The Hall–Kier alpha value is -3.34. The molecule has 2 aliphatic heterocycles. The van der Waals surface area contributed by atoms with Gasteiger partial charge in [-0.1, -0.05) is 13.0 Å². The van der Waals surface area contributed by atoms with Crippen molar-refractivity contribution >= 4 is 10.9 Å².